The van der Waals surface area contributed by atoms with Gasteiger partial charge in [0.15, 0.2) is 5.96 Å². The third-order valence-corrected chi connectivity index (χ3v) is 3.00. The van der Waals surface area contributed by atoms with Gasteiger partial charge in [-0.2, -0.15) is 0 Å². The second-order valence-corrected chi connectivity index (χ2v) is 5.26. The molecule has 0 aliphatic heterocycles. The number of aliphatic imine (C=N–C) groups is 1. The predicted octanol–water partition coefficient (Wildman–Crippen LogP) is 2.21. The van der Waals surface area contributed by atoms with Gasteiger partial charge in [0, 0.05) is 26.7 Å². The molecule has 0 radical (unpaired) electrons. The minimum absolute atomic E-state index is 0.799. The zero-order valence-electron chi connectivity index (χ0n) is 13.2. The molecular formula is C16H28N4. The molecule has 0 fully saturated rings. The lowest BCUT2D eigenvalue weighted by molar-refractivity contribution is 0.402. The van der Waals surface area contributed by atoms with Crippen LogP contribution in [0.2, 0.25) is 0 Å². The number of nitrogens with zero attached hydrogens (tertiary/aromatic N) is 2. The summed E-state index contributed by atoms with van der Waals surface area (Å²) in [5.41, 5.74) is 2.62. The number of nitrogens with one attached hydrogen (secondary N) is 2. The van der Waals surface area contributed by atoms with Gasteiger partial charge in [0.1, 0.15) is 0 Å². The molecule has 0 saturated heterocycles. The molecule has 4 heteroatoms. The van der Waals surface area contributed by atoms with Crippen molar-refractivity contribution in [2.45, 2.75) is 32.9 Å². The van der Waals surface area contributed by atoms with Gasteiger partial charge >= 0.3 is 0 Å². The van der Waals surface area contributed by atoms with Gasteiger partial charge in [0.2, 0.25) is 0 Å². The van der Waals surface area contributed by atoms with E-state index in [-0.39, 0.29) is 0 Å². The van der Waals surface area contributed by atoms with Crippen LogP contribution < -0.4 is 10.6 Å². The molecule has 1 rings (SSSR count). The molecule has 0 aromatic heterocycles. The summed E-state index contributed by atoms with van der Waals surface area (Å²) in [7, 11) is 5.98. The van der Waals surface area contributed by atoms with E-state index in [4.69, 9.17) is 0 Å². The molecule has 0 aliphatic rings. The van der Waals surface area contributed by atoms with Crippen molar-refractivity contribution in [2.24, 2.45) is 4.99 Å². The molecule has 1 aromatic rings. The second kappa shape index (κ2) is 9.37. The number of rotatable bonds is 7. The number of hydrogen-bond donors (Lipinski definition) is 2. The van der Waals surface area contributed by atoms with Gasteiger partial charge in [-0.05, 0) is 31.6 Å². The summed E-state index contributed by atoms with van der Waals surface area (Å²) >= 11 is 0. The maximum Gasteiger partial charge on any atom is 0.191 e. The Labute approximate surface area is 123 Å². The lowest BCUT2D eigenvalue weighted by atomic mass is 10.1. The fourth-order valence-corrected chi connectivity index (χ4v) is 1.99. The maximum absolute atomic E-state index is 4.23. The summed E-state index contributed by atoms with van der Waals surface area (Å²) in [6.45, 7) is 4.93. The minimum Gasteiger partial charge on any atom is -0.356 e. The molecule has 0 bridgehead atoms. The van der Waals surface area contributed by atoms with E-state index in [0.717, 1.165) is 25.6 Å². The van der Waals surface area contributed by atoms with Crippen molar-refractivity contribution in [3.05, 3.63) is 35.4 Å². The maximum atomic E-state index is 4.23. The largest absolute Gasteiger partial charge is 0.356 e. The fraction of sp³-hybridized carbons (Fsp3) is 0.562. The number of guanidine groups is 1. The van der Waals surface area contributed by atoms with Crippen LogP contribution in [0.15, 0.2) is 29.3 Å². The summed E-state index contributed by atoms with van der Waals surface area (Å²) < 4.78 is 0. The Hall–Kier alpha value is -1.55. The van der Waals surface area contributed by atoms with Crippen molar-refractivity contribution in [1.82, 2.24) is 15.5 Å². The van der Waals surface area contributed by atoms with Crippen molar-refractivity contribution in [3.63, 3.8) is 0 Å². The van der Waals surface area contributed by atoms with Gasteiger partial charge in [0.25, 0.3) is 0 Å². The Bertz CT molecular complexity index is 413. The Morgan fingerprint density at radius 2 is 1.95 bits per heavy atom. The predicted molar refractivity (Wildman–Crippen MR) is 86.9 cm³/mol. The van der Waals surface area contributed by atoms with E-state index >= 15 is 0 Å². The zero-order chi connectivity index (χ0) is 14.8. The van der Waals surface area contributed by atoms with Crippen molar-refractivity contribution >= 4 is 5.96 Å². The Kier molecular flexibility index (Phi) is 7.73. The van der Waals surface area contributed by atoms with Crippen molar-refractivity contribution in [2.75, 3.05) is 27.7 Å². The average Bonchev–Trinajstić information content (AvgIpc) is 2.42. The molecule has 1 aromatic carbocycles. The van der Waals surface area contributed by atoms with E-state index in [1.807, 2.05) is 7.05 Å². The van der Waals surface area contributed by atoms with E-state index in [9.17, 15) is 0 Å². The highest BCUT2D eigenvalue weighted by Crippen LogP contribution is 2.06. The van der Waals surface area contributed by atoms with Crippen LogP contribution in [0.3, 0.4) is 0 Å². The Morgan fingerprint density at radius 3 is 2.60 bits per heavy atom. The normalized spacial score (nSPS) is 11.8. The summed E-state index contributed by atoms with van der Waals surface area (Å²) in [5, 5.41) is 6.67. The SMILES string of the molecule is CCCCNC(=NC)NCc1cccc(CN(C)C)c1. The van der Waals surface area contributed by atoms with Crippen molar-refractivity contribution < 1.29 is 0 Å². The molecule has 4 nitrogen and oxygen atoms in total. The molecule has 0 saturated carbocycles. The summed E-state index contributed by atoms with van der Waals surface area (Å²) in [5.74, 6) is 0.872. The molecule has 0 spiro atoms. The second-order valence-electron chi connectivity index (χ2n) is 5.26. The standard InChI is InChI=1S/C16H28N4/c1-5-6-10-18-16(17-2)19-12-14-8-7-9-15(11-14)13-20(3)4/h7-9,11H,5-6,10,12-13H2,1-4H3,(H2,17,18,19). The lowest BCUT2D eigenvalue weighted by Crippen LogP contribution is -2.37. The number of benzene rings is 1. The molecular weight excluding hydrogens is 248 g/mol. The van der Waals surface area contributed by atoms with Crippen LogP contribution >= 0.6 is 0 Å². The molecule has 0 aliphatic carbocycles. The van der Waals surface area contributed by atoms with Crippen LogP contribution in [-0.2, 0) is 13.1 Å². The monoisotopic (exact) mass is 276 g/mol. The van der Waals surface area contributed by atoms with Crippen LogP contribution in [0.4, 0.5) is 0 Å². The first kappa shape index (κ1) is 16.5. The smallest absolute Gasteiger partial charge is 0.191 e. The number of hydrogen-bond acceptors (Lipinski definition) is 2. The lowest BCUT2D eigenvalue weighted by Gasteiger charge is -2.13. The third kappa shape index (κ3) is 6.57. The molecule has 2 N–H and O–H groups in total. The highest BCUT2D eigenvalue weighted by Gasteiger charge is 2.00. The van der Waals surface area contributed by atoms with E-state index < -0.39 is 0 Å². The first-order chi connectivity index (χ1) is 9.65. The van der Waals surface area contributed by atoms with Crippen molar-refractivity contribution in [3.8, 4) is 0 Å². The Morgan fingerprint density at radius 1 is 1.20 bits per heavy atom. The fourth-order valence-electron chi connectivity index (χ4n) is 1.99. The van der Waals surface area contributed by atoms with Gasteiger partial charge in [-0.25, -0.2) is 0 Å². The first-order valence-electron chi connectivity index (χ1n) is 7.32. The highest BCUT2D eigenvalue weighted by atomic mass is 15.2. The Balaban J connectivity index is 2.47. The van der Waals surface area contributed by atoms with E-state index in [2.05, 4.69) is 65.8 Å². The number of unbranched alkanes of at least 4 members (excludes halogenated alkanes) is 1. The van der Waals surface area contributed by atoms with Crippen LogP contribution in [0, 0.1) is 0 Å². The van der Waals surface area contributed by atoms with Gasteiger partial charge in [0.05, 0.1) is 0 Å². The highest BCUT2D eigenvalue weighted by molar-refractivity contribution is 5.79. The van der Waals surface area contributed by atoms with E-state index in [1.54, 1.807) is 0 Å². The van der Waals surface area contributed by atoms with E-state index in [1.165, 1.54) is 24.0 Å². The van der Waals surface area contributed by atoms with Gasteiger partial charge < -0.3 is 15.5 Å². The van der Waals surface area contributed by atoms with Crippen LogP contribution in [0.5, 0.6) is 0 Å². The van der Waals surface area contributed by atoms with Crippen LogP contribution in [-0.4, -0.2) is 38.5 Å². The molecule has 0 unspecified atom stereocenters. The molecule has 0 atom stereocenters. The molecule has 0 amide bonds. The van der Waals surface area contributed by atoms with Crippen molar-refractivity contribution in [1.29, 1.82) is 0 Å². The van der Waals surface area contributed by atoms with Gasteiger partial charge in [-0.15, -0.1) is 0 Å². The topological polar surface area (TPSA) is 39.7 Å². The minimum atomic E-state index is 0.799. The van der Waals surface area contributed by atoms with Gasteiger partial charge in [-0.3, -0.25) is 4.99 Å². The third-order valence-electron chi connectivity index (χ3n) is 3.00. The summed E-state index contributed by atoms with van der Waals surface area (Å²) in [6.07, 6.45) is 2.36. The summed E-state index contributed by atoms with van der Waals surface area (Å²) in [6, 6.07) is 8.67. The molecule has 112 valence electrons. The summed E-state index contributed by atoms with van der Waals surface area (Å²) in [4.78, 5) is 6.41. The zero-order valence-corrected chi connectivity index (χ0v) is 13.2. The van der Waals surface area contributed by atoms with E-state index in [0.29, 0.717) is 0 Å². The quantitative estimate of drug-likeness (QED) is 0.456. The van der Waals surface area contributed by atoms with Crippen LogP contribution in [0.25, 0.3) is 0 Å². The van der Waals surface area contributed by atoms with Crippen LogP contribution in [0.1, 0.15) is 30.9 Å². The first-order valence-corrected chi connectivity index (χ1v) is 7.32. The molecule has 0 heterocycles. The molecule has 20 heavy (non-hydrogen) atoms. The average molecular weight is 276 g/mol. The van der Waals surface area contributed by atoms with Gasteiger partial charge in [-0.1, -0.05) is 37.6 Å².